The number of ketones is 1. The van der Waals surface area contributed by atoms with Crippen LogP contribution in [-0.2, 0) is 9.59 Å². The summed E-state index contributed by atoms with van der Waals surface area (Å²) in [4.78, 5) is 24.6. The van der Waals surface area contributed by atoms with Gasteiger partial charge in [0.05, 0.1) is 0 Å². The van der Waals surface area contributed by atoms with E-state index in [0.717, 1.165) is 5.69 Å². The predicted molar refractivity (Wildman–Crippen MR) is 62.2 cm³/mol. The van der Waals surface area contributed by atoms with Gasteiger partial charge in [0.2, 0.25) is 0 Å². The zero-order valence-corrected chi connectivity index (χ0v) is 9.14. The number of carbonyl (C=O) groups is 2. The minimum atomic E-state index is -0.0543. The van der Waals surface area contributed by atoms with Gasteiger partial charge >= 0.3 is 0 Å². The van der Waals surface area contributed by atoms with Crippen molar-refractivity contribution >= 4 is 17.4 Å². The fourth-order valence-electron chi connectivity index (χ4n) is 1.79. The molecule has 1 aromatic carbocycles. The maximum absolute atomic E-state index is 11.9. The molecule has 16 heavy (non-hydrogen) atoms. The maximum Gasteiger partial charge on any atom is 0.254 e. The van der Waals surface area contributed by atoms with Gasteiger partial charge in [0, 0.05) is 24.2 Å². The Balaban J connectivity index is 2.14. The molecule has 1 aliphatic rings. The van der Waals surface area contributed by atoms with Crippen molar-refractivity contribution in [2.75, 3.05) is 11.4 Å². The Hall–Kier alpha value is -1.90. The van der Waals surface area contributed by atoms with E-state index in [0.29, 0.717) is 12.1 Å². The summed E-state index contributed by atoms with van der Waals surface area (Å²) in [5.74, 6) is -0.0316. The van der Waals surface area contributed by atoms with Crippen LogP contribution in [-0.4, -0.2) is 18.2 Å². The summed E-state index contributed by atoms with van der Waals surface area (Å²) in [5, 5.41) is 0. The van der Waals surface area contributed by atoms with Crippen LogP contribution in [0.4, 0.5) is 5.69 Å². The lowest BCUT2D eigenvalue weighted by atomic mass is 10.1. The molecule has 1 heterocycles. The zero-order valence-electron chi connectivity index (χ0n) is 9.14. The molecule has 0 N–H and O–H groups in total. The number of hydrogen-bond acceptors (Lipinski definition) is 2. The number of benzene rings is 1. The average Bonchev–Trinajstić information content (AvgIpc) is 2.61. The van der Waals surface area contributed by atoms with Gasteiger partial charge in [0.1, 0.15) is 5.78 Å². The summed E-state index contributed by atoms with van der Waals surface area (Å²) in [6.45, 7) is 2.06. The zero-order chi connectivity index (χ0) is 11.5. The topological polar surface area (TPSA) is 37.4 Å². The first-order valence-corrected chi connectivity index (χ1v) is 5.24. The fourth-order valence-corrected chi connectivity index (χ4v) is 1.79. The molecule has 2 rings (SSSR count). The highest BCUT2D eigenvalue weighted by molar-refractivity contribution is 6.10. The largest absolute Gasteiger partial charge is 0.305 e. The molecule has 0 saturated carbocycles. The highest BCUT2D eigenvalue weighted by Crippen LogP contribution is 2.22. The van der Waals surface area contributed by atoms with Crippen LogP contribution in [0, 0.1) is 0 Å². The van der Waals surface area contributed by atoms with Gasteiger partial charge in [-0.25, -0.2) is 0 Å². The number of nitrogens with zero attached hydrogens (tertiary/aromatic N) is 1. The number of amides is 1. The second-order valence-corrected chi connectivity index (χ2v) is 3.86. The average molecular weight is 215 g/mol. The van der Waals surface area contributed by atoms with Crippen molar-refractivity contribution in [3.8, 4) is 0 Å². The van der Waals surface area contributed by atoms with Crippen LogP contribution in [0.15, 0.2) is 42.0 Å². The van der Waals surface area contributed by atoms with Crippen molar-refractivity contribution in [2.45, 2.75) is 13.3 Å². The van der Waals surface area contributed by atoms with E-state index >= 15 is 0 Å². The van der Waals surface area contributed by atoms with Gasteiger partial charge < -0.3 is 4.90 Å². The van der Waals surface area contributed by atoms with E-state index < -0.39 is 0 Å². The molecular weight excluding hydrogens is 202 g/mol. The number of carbonyl (C=O) groups excluding carboxylic acids is 2. The van der Waals surface area contributed by atoms with Crippen LogP contribution in [0.25, 0.3) is 0 Å². The minimum Gasteiger partial charge on any atom is -0.305 e. The summed E-state index contributed by atoms with van der Waals surface area (Å²) >= 11 is 0. The quantitative estimate of drug-likeness (QED) is 0.772. The van der Waals surface area contributed by atoms with Crippen LogP contribution in [0.1, 0.15) is 13.3 Å². The number of para-hydroxylation sites is 1. The lowest BCUT2D eigenvalue weighted by Crippen LogP contribution is -2.26. The van der Waals surface area contributed by atoms with Crippen LogP contribution < -0.4 is 4.90 Å². The Morgan fingerprint density at radius 2 is 2.00 bits per heavy atom. The van der Waals surface area contributed by atoms with Crippen LogP contribution in [0.2, 0.25) is 0 Å². The van der Waals surface area contributed by atoms with Crippen molar-refractivity contribution in [2.24, 2.45) is 0 Å². The first kappa shape index (κ1) is 10.6. The van der Waals surface area contributed by atoms with Gasteiger partial charge in [-0.2, -0.15) is 0 Å². The first-order valence-electron chi connectivity index (χ1n) is 5.24. The Morgan fingerprint density at radius 1 is 1.31 bits per heavy atom. The normalized spacial score (nSPS) is 15.2. The monoisotopic (exact) mass is 215 g/mol. The first-order chi connectivity index (χ1) is 7.68. The van der Waals surface area contributed by atoms with Crippen molar-refractivity contribution in [3.05, 3.63) is 42.0 Å². The molecule has 3 nitrogen and oxygen atoms in total. The van der Waals surface area contributed by atoms with Gasteiger partial charge in [-0.3, -0.25) is 9.59 Å². The smallest absolute Gasteiger partial charge is 0.254 e. The molecule has 0 unspecified atom stereocenters. The van der Waals surface area contributed by atoms with Gasteiger partial charge in [-0.05, 0) is 19.1 Å². The Bertz CT molecular complexity index is 448. The van der Waals surface area contributed by atoms with Gasteiger partial charge in [0.15, 0.2) is 0 Å². The molecule has 0 bridgehead atoms. The van der Waals surface area contributed by atoms with E-state index in [1.807, 2.05) is 36.4 Å². The molecule has 3 heteroatoms. The molecular formula is C13H13NO2. The second-order valence-electron chi connectivity index (χ2n) is 3.86. The summed E-state index contributed by atoms with van der Waals surface area (Å²) in [6, 6.07) is 9.48. The van der Waals surface area contributed by atoms with E-state index in [2.05, 4.69) is 0 Å². The molecule has 1 amide bonds. The van der Waals surface area contributed by atoms with E-state index in [4.69, 9.17) is 0 Å². The fraction of sp³-hybridized carbons (Fsp3) is 0.231. The highest BCUT2D eigenvalue weighted by atomic mass is 16.2. The van der Waals surface area contributed by atoms with Crippen LogP contribution >= 0.6 is 0 Å². The summed E-state index contributed by atoms with van der Waals surface area (Å²) in [5.41, 5.74) is 1.48. The van der Waals surface area contributed by atoms with E-state index in [9.17, 15) is 9.59 Å². The van der Waals surface area contributed by atoms with E-state index in [1.165, 1.54) is 6.92 Å². The van der Waals surface area contributed by atoms with E-state index in [1.54, 1.807) is 4.90 Å². The summed E-state index contributed by atoms with van der Waals surface area (Å²) in [7, 11) is 0. The van der Waals surface area contributed by atoms with Crippen LogP contribution in [0.5, 0.6) is 0 Å². The molecule has 0 aromatic heterocycles. The Morgan fingerprint density at radius 3 is 2.62 bits per heavy atom. The molecule has 0 spiro atoms. The minimum absolute atomic E-state index is 0.0227. The van der Waals surface area contributed by atoms with Crippen LogP contribution in [0.3, 0.4) is 0 Å². The highest BCUT2D eigenvalue weighted by Gasteiger charge is 2.25. The van der Waals surface area contributed by atoms with Gasteiger partial charge in [-0.15, -0.1) is 0 Å². The SMILES string of the molecule is CC(=O)CC1=CCN(c2ccccc2)C1=O. The second kappa shape index (κ2) is 4.31. The van der Waals surface area contributed by atoms with Crippen molar-refractivity contribution in [3.63, 3.8) is 0 Å². The maximum atomic E-state index is 11.9. The van der Waals surface area contributed by atoms with Gasteiger partial charge in [-0.1, -0.05) is 24.3 Å². The third-order valence-electron chi connectivity index (χ3n) is 2.55. The number of hydrogen-bond donors (Lipinski definition) is 0. The number of Topliss-reactive ketones (excluding diaryl/α,β-unsaturated/α-hetero) is 1. The van der Waals surface area contributed by atoms with Gasteiger partial charge in [0.25, 0.3) is 5.91 Å². The Labute approximate surface area is 94.4 Å². The lowest BCUT2D eigenvalue weighted by Gasteiger charge is -2.16. The molecule has 0 atom stereocenters. The Kier molecular flexibility index (Phi) is 2.86. The predicted octanol–water partition coefficient (Wildman–Crippen LogP) is 1.94. The number of rotatable bonds is 3. The van der Waals surface area contributed by atoms with Crippen molar-refractivity contribution in [1.82, 2.24) is 0 Å². The lowest BCUT2D eigenvalue weighted by molar-refractivity contribution is -0.119. The standard InChI is InChI=1S/C13H13NO2/c1-10(15)9-11-7-8-14(13(11)16)12-5-3-2-4-6-12/h2-7H,8-9H2,1H3. The molecule has 0 fully saturated rings. The molecule has 0 aliphatic carbocycles. The molecule has 0 saturated heterocycles. The summed E-state index contributed by atoms with van der Waals surface area (Å²) < 4.78 is 0. The molecule has 1 aromatic rings. The summed E-state index contributed by atoms with van der Waals surface area (Å²) in [6.07, 6.45) is 2.07. The number of anilines is 1. The third kappa shape index (κ3) is 2.03. The third-order valence-corrected chi connectivity index (χ3v) is 2.55. The molecule has 82 valence electrons. The molecule has 0 radical (unpaired) electrons. The van der Waals surface area contributed by atoms with Crippen molar-refractivity contribution in [1.29, 1.82) is 0 Å². The van der Waals surface area contributed by atoms with Crippen molar-refractivity contribution < 1.29 is 9.59 Å². The van der Waals surface area contributed by atoms with E-state index in [-0.39, 0.29) is 18.1 Å². The molecule has 1 aliphatic heterocycles.